The molecule has 1 N–H and O–H groups in total. The predicted molar refractivity (Wildman–Crippen MR) is 57.7 cm³/mol. The SMILES string of the molecule is CC#CCCNc1cccc(F)c1C#N. The third-order valence-corrected chi connectivity index (χ3v) is 1.87. The van der Waals surface area contributed by atoms with Crippen LogP contribution in [0.5, 0.6) is 0 Å². The smallest absolute Gasteiger partial charge is 0.143 e. The highest BCUT2D eigenvalue weighted by molar-refractivity contribution is 5.57. The molecule has 15 heavy (non-hydrogen) atoms. The van der Waals surface area contributed by atoms with E-state index < -0.39 is 5.82 Å². The van der Waals surface area contributed by atoms with Gasteiger partial charge in [0, 0.05) is 13.0 Å². The highest BCUT2D eigenvalue weighted by Crippen LogP contribution is 2.17. The van der Waals surface area contributed by atoms with Gasteiger partial charge in [-0.1, -0.05) is 6.07 Å². The molecule has 3 heteroatoms. The van der Waals surface area contributed by atoms with Gasteiger partial charge in [0.15, 0.2) is 0 Å². The molecule has 1 aromatic rings. The second-order valence-electron chi connectivity index (χ2n) is 2.88. The fraction of sp³-hybridized carbons (Fsp3) is 0.250. The van der Waals surface area contributed by atoms with Crippen molar-refractivity contribution >= 4 is 5.69 Å². The molecule has 76 valence electrons. The van der Waals surface area contributed by atoms with Crippen molar-refractivity contribution in [3.8, 4) is 17.9 Å². The monoisotopic (exact) mass is 202 g/mol. The van der Waals surface area contributed by atoms with Gasteiger partial charge in [-0.15, -0.1) is 11.8 Å². The van der Waals surface area contributed by atoms with Crippen LogP contribution >= 0.6 is 0 Å². The lowest BCUT2D eigenvalue weighted by molar-refractivity contribution is 0.624. The van der Waals surface area contributed by atoms with Crippen LogP contribution in [0.4, 0.5) is 10.1 Å². The molecule has 2 nitrogen and oxygen atoms in total. The summed E-state index contributed by atoms with van der Waals surface area (Å²) in [6.45, 7) is 2.38. The number of hydrogen-bond donors (Lipinski definition) is 1. The molecule has 0 fully saturated rings. The van der Waals surface area contributed by atoms with Crippen LogP contribution in [0.25, 0.3) is 0 Å². The van der Waals surface area contributed by atoms with Crippen molar-refractivity contribution in [1.29, 1.82) is 5.26 Å². The summed E-state index contributed by atoms with van der Waals surface area (Å²) < 4.78 is 13.1. The van der Waals surface area contributed by atoms with Gasteiger partial charge in [0.2, 0.25) is 0 Å². The molecule has 1 aromatic carbocycles. The Morgan fingerprint density at radius 1 is 1.47 bits per heavy atom. The third kappa shape index (κ3) is 3.00. The summed E-state index contributed by atoms with van der Waals surface area (Å²) in [6.07, 6.45) is 0.678. The molecule has 0 saturated carbocycles. The molecule has 0 aliphatic heterocycles. The first-order valence-electron chi connectivity index (χ1n) is 4.61. The molecule has 0 bridgehead atoms. The number of hydrogen-bond acceptors (Lipinski definition) is 2. The van der Waals surface area contributed by atoms with E-state index in [-0.39, 0.29) is 5.56 Å². The number of nitrogens with one attached hydrogen (secondary N) is 1. The average molecular weight is 202 g/mol. The second-order valence-corrected chi connectivity index (χ2v) is 2.88. The van der Waals surface area contributed by atoms with Crippen LogP contribution in [0, 0.1) is 29.0 Å². The Morgan fingerprint density at radius 3 is 2.93 bits per heavy atom. The summed E-state index contributed by atoms with van der Waals surface area (Å²) in [5, 5.41) is 11.7. The highest BCUT2D eigenvalue weighted by atomic mass is 19.1. The Hall–Kier alpha value is -2.00. The zero-order chi connectivity index (χ0) is 11.1. The van der Waals surface area contributed by atoms with E-state index in [1.807, 2.05) is 6.07 Å². The Labute approximate surface area is 88.7 Å². The predicted octanol–water partition coefficient (Wildman–Crippen LogP) is 2.52. The Morgan fingerprint density at radius 2 is 2.27 bits per heavy atom. The molecule has 0 atom stereocenters. The van der Waals surface area contributed by atoms with Gasteiger partial charge in [-0.05, 0) is 19.1 Å². The van der Waals surface area contributed by atoms with Gasteiger partial charge in [-0.25, -0.2) is 4.39 Å². The van der Waals surface area contributed by atoms with E-state index in [4.69, 9.17) is 5.26 Å². The highest BCUT2D eigenvalue weighted by Gasteiger charge is 2.05. The van der Waals surface area contributed by atoms with Crippen LogP contribution in [0.1, 0.15) is 18.9 Å². The minimum absolute atomic E-state index is 0.0574. The van der Waals surface area contributed by atoms with Crippen molar-refractivity contribution in [3.05, 3.63) is 29.6 Å². The summed E-state index contributed by atoms with van der Waals surface area (Å²) in [4.78, 5) is 0. The third-order valence-electron chi connectivity index (χ3n) is 1.87. The van der Waals surface area contributed by atoms with Crippen molar-refractivity contribution in [2.45, 2.75) is 13.3 Å². The van der Waals surface area contributed by atoms with Gasteiger partial charge < -0.3 is 5.32 Å². The summed E-state index contributed by atoms with van der Waals surface area (Å²) in [5.74, 6) is 5.15. The number of anilines is 1. The molecule has 0 heterocycles. The van der Waals surface area contributed by atoms with Crippen molar-refractivity contribution in [2.75, 3.05) is 11.9 Å². The van der Waals surface area contributed by atoms with E-state index >= 15 is 0 Å². The van der Waals surface area contributed by atoms with Crippen molar-refractivity contribution in [2.24, 2.45) is 0 Å². The molecule has 0 amide bonds. The van der Waals surface area contributed by atoms with Crippen LogP contribution in [-0.4, -0.2) is 6.54 Å². The van der Waals surface area contributed by atoms with Crippen LogP contribution in [0.15, 0.2) is 18.2 Å². The first-order chi connectivity index (χ1) is 7.29. The summed E-state index contributed by atoms with van der Waals surface area (Å²) in [6, 6.07) is 6.36. The van der Waals surface area contributed by atoms with Gasteiger partial charge in [-0.2, -0.15) is 5.26 Å². The summed E-state index contributed by atoms with van der Waals surface area (Å²) in [7, 11) is 0. The van der Waals surface area contributed by atoms with Crippen LogP contribution in [0.2, 0.25) is 0 Å². The summed E-state index contributed by atoms with van der Waals surface area (Å²) >= 11 is 0. The average Bonchev–Trinajstić information content (AvgIpc) is 2.24. The van der Waals surface area contributed by atoms with E-state index in [0.717, 1.165) is 0 Å². The van der Waals surface area contributed by atoms with E-state index in [0.29, 0.717) is 18.7 Å². The lowest BCUT2D eigenvalue weighted by Gasteiger charge is -2.06. The molecule has 0 unspecified atom stereocenters. The molecule has 1 rings (SSSR count). The van der Waals surface area contributed by atoms with E-state index in [2.05, 4.69) is 17.2 Å². The Balaban J connectivity index is 2.72. The topological polar surface area (TPSA) is 35.8 Å². The fourth-order valence-electron chi connectivity index (χ4n) is 1.17. The molecular weight excluding hydrogens is 191 g/mol. The number of rotatable bonds is 3. The quantitative estimate of drug-likeness (QED) is 0.604. The van der Waals surface area contributed by atoms with Crippen molar-refractivity contribution < 1.29 is 4.39 Å². The maximum absolute atomic E-state index is 13.1. The zero-order valence-electron chi connectivity index (χ0n) is 8.47. The first-order valence-corrected chi connectivity index (χ1v) is 4.61. The normalized spacial score (nSPS) is 8.60. The van der Waals surface area contributed by atoms with E-state index in [1.54, 1.807) is 19.1 Å². The van der Waals surface area contributed by atoms with Gasteiger partial charge in [0.1, 0.15) is 17.4 Å². The van der Waals surface area contributed by atoms with E-state index in [9.17, 15) is 4.39 Å². The van der Waals surface area contributed by atoms with Gasteiger partial charge in [0.05, 0.1) is 5.69 Å². The van der Waals surface area contributed by atoms with E-state index in [1.165, 1.54) is 6.07 Å². The Kier molecular flexibility index (Phi) is 4.19. The molecule has 0 aromatic heterocycles. The molecule has 0 saturated heterocycles. The number of halogens is 1. The van der Waals surface area contributed by atoms with Crippen LogP contribution in [-0.2, 0) is 0 Å². The van der Waals surface area contributed by atoms with Crippen LogP contribution < -0.4 is 5.32 Å². The lowest BCUT2D eigenvalue weighted by atomic mass is 10.2. The fourth-order valence-corrected chi connectivity index (χ4v) is 1.17. The van der Waals surface area contributed by atoms with Crippen molar-refractivity contribution in [3.63, 3.8) is 0 Å². The maximum Gasteiger partial charge on any atom is 0.143 e. The zero-order valence-corrected chi connectivity index (χ0v) is 8.47. The number of nitriles is 1. The maximum atomic E-state index is 13.1. The first kappa shape index (κ1) is 11.1. The summed E-state index contributed by atoms with van der Waals surface area (Å²) in [5.41, 5.74) is 0.581. The number of nitrogens with zero attached hydrogens (tertiary/aromatic N) is 1. The number of benzene rings is 1. The molecule has 0 radical (unpaired) electrons. The molecule has 0 aliphatic rings. The lowest BCUT2D eigenvalue weighted by Crippen LogP contribution is -2.03. The Bertz CT molecular complexity index is 435. The van der Waals surface area contributed by atoms with Gasteiger partial charge in [-0.3, -0.25) is 0 Å². The minimum Gasteiger partial charge on any atom is -0.383 e. The van der Waals surface area contributed by atoms with Gasteiger partial charge in [0.25, 0.3) is 0 Å². The molecular formula is C12H11FN2. The molecule has 0 aliphatic carbocycles. The second kappa shape index (κ2) is 5.67. The van der Waals surface area contributed by atoms with Crippen LogP contribution in [0.3, 0.4) is 0 Å². The largest absolute Gasteiger partial charge is 0.383 e. The standard InChI is InChI=1S/C12H11FN2/c1-2-3-4-8-15-12-7-5-6-11(13)10(12)9-14/h5-7,15H,4,8H2,1H3. The van der Waals surface area contributed by atoms with Crippen molar-refractivity contribution in [1.82, 2.24) is 0 Å². The van der Waals surface area contributed by atoms with Gasteiger partial charge >= 0.3 is 0 Å². The molecule has 0 spiro atoms. The minimum atomic E-state index is -0.496.